The second-order valence-corrected chi connectivity index (χ2v) is 13.0. The standard InChI is InChI=1S/C33H36/c1-30(2)28-17-21-15-20-16-27-25(22-11-7-8-12-26(22)33(27)13-9-10-14-33)18-23(20)24(21)19-29(28)31(3,4)32(30,5)6/h7-8,11-12,16-19H,9-10,13-15H2,1-6H3. The zero-order valence-electron chi connectivity index (χ0n) is 21.2. The molecule has 0 unspecified atom stereocenters. The summed E-state index contributed by atoms with van der Waals surface area (Å²) in [5.74, 6) is 0. The van der Waals surface area contributed by atoms with Gasteiger partial charge in [0.25, 0.3) is 0 Å². The molecule has 0 nitrogen and oxygen atoms in total. The fraction of sp³-hybridized carbons (Fsp3) is 0.455. The average Bonchev–Trinajstić information content (AvgIpc) is 3.49. The van der Waals surface area contributed by atoms with Crippen molar-refractivity contribution in [3.8, 4) is 22.3 Å². The minimum absolute atomic E-state index is 0.154. The van der Waals surface area contributed by atoms with E-state index < -0.39 is 0 Å². The molecule has 3 aromatic rings. The highest BCUT2D eigenvalue weighted by atomic mass is 14.6. The van der Waals surface area contributed by atoms with Gasteiger partial charge in [0, 0.05) is 5.41 Å². The van der Waals surface area contributed by atoms with Crippen molar-refractivity contribution < 1.29 is 0 Å². The molecule has 4 aliphatic rings. The van der Waals surface area contributed by atoms with Crippen LogP contribution >= 0.6 is 0 Å². The molecule has 1 saturated carbocycles. The van der Waals surface area contributed by atoms with E-state index in [1.807, 2.05) is 0 Å². The topological polar surface area (TPSA) is 0 Å². The molecule has 1 spiro atoms. The summed E-state index contributed by atoms with van der Waals surface area (Å²) in [6.07, 6.45) is 6.44. The van der Waals surface area contributed by atoms with E-state index in [1.54, 1.807) is 33.4 Å². The summed E-state index contributed by atoms with van der Waals surface area (Å²) in [5.41, 5.74) is 16.3. The first-order valence-corrected chi connectivity index (χ1v) is 13.1. The first-order chi connectivity index (χ1) is 15.6. The third-order valence-electron chi connectivity index (χ3n) is 11.3. The minimum atomic E-state index is 0.154. The maximum Gasteiger partial charge on any atom is 0.0215 e. The minimum Gasteiger partial charge on any atom is -0.0619 e. The van der Waals surface area contributed by atoms with Crippen molar-refractivity contribution in [3.05, 3.63) is 81.9 Å². The number of hydrogen-bond donors (Lipinski definition) is 0. The molecular weight excluding hydrogens is 396 g/mol. The Kier molecular flexibility index (Phi) is 3.54. The summed E-state index contributed by atoms with van der Waals surface area (Å²) >= 11 is 0. The summed E-state index contributed by atoms with van der Waals surface area (Å²) in [4.78, 5) is 0. The van der Waals surface area contributed by atoms with Crippen LogP contribution in [0.5, 0.6) is 0 Å². The van der Waals surface area contributed by atoms with Crippen molar-refractivity contribution in [3.63, 3.8) is 0 Å². The van der Waals surface area contributed by atoms with Crippen molar-refractivity contribution >= 4 is 0 Å². The van der Waals surface area contributed by atoms with E-state index in [0.717, 1.165) is 6.42 Å². The first kappa shape index (κ1) is 20.1. The van der Waals surface area contributed by atoms with Crippen LogP contribution in [0.3, 0.4) is 0 Å². The number of benzene rings is 3. The molecular formula is C33H36. The number of rotatable bonds is 0. The van der Waals surface area contributed by atoms with Gasteiger partial charge < -0.3 is 0 Å². The fourth-order valence-electron chi connectivity index (χ4n) is 8.19. The van der Waals surface area contributed by atoms with Gasteiger partial charge in [0.2, 0.25) is 0 Å². The maximum absolute atomic E-state index is 2.63. The highest BCUT2D eigenvalue weighted by molar-refractivity contribution is 5.89. The van der Waals surface area contributed by atoms with Crippen molar-refractivity contribution in [2.75, 3.05) is 0 Å². The van der Waals surface area contributed by atoms with Gasteiger partial charge in [-0.1, -0.05) is 90.8 Å². The molecule has 1 fully saturated rings. The smallest absolute Gasteiger partial charge is 0.0215 e. The molecule has 0 bridgehead atoms. The molecule has 33 heavy (non-hydrogen) atoms. The van der Waals surface area contributed by atoms with Gasteiger partial charge in [-0.3, -0.25) is 0 Å². The Bertz CT molecular complexity index is 1360. The van der Waals surface area contributed by atoms with Gasteiger partial charge in [0.05, 0.1) is 0 Å². The van der Waals surface area contributed by atoms with E-state index in [1.165, 1.54) is 47.9 Å². The van der Waals surface area contributed by atoms with Crippen LogP contribution in [-0.2, 0) is 22.7 Å². The summed E-state index contributed by atoms with van der Waals surface area (Å²) < 4.78 is 0. The molecule has 0 saturated heterocycles. The Morgan fingerprint density at radius 2 is 1.12 bits per heavy atom. The molecule has 3 aromatic carbocycles. The van der Waals surface area contributed by atoms with Gasteiger partial charge in [0.15, 0.2) is 0 Å². The molecule has 0 radical (unpaired) electrons. The Labute approximate surface area is 199 Å². The van der Waals surface area contributed by atoms with E-state index >= 15 is 0 Å². The largest absolute Gasteiger partial charge is 0.0619 e. The normalized spacial score (nSPS) is 23.2. The van der Waals surface area contributed by atoms with Crippen molar-refractivity contribution in [2.45, 2.75) is 89.9 Å². The SMILES string of the molecule is CC1(C)c2cc3c(cc2C(C)(C)C1(C)C)-c1cc2c(cc1C3)C1(CCCC1)c1ccccc1-2. The molecule has 0 aromatic heterocycles. The zero-order valence-corrected chi connectivity index (χ0v) is 21.2. The molecule has 0 amide bonds. The van der Waals surface area contributed by atoms with Crippen LogP contribution in [0.1, 0.15) is 101 Å². The van der Waals surface area contributed by atoms with E-state index in [9.17, 15) is 0 Å². The predicted octanol–water partition coefficient (Wildman–Crippen LogP) is 8.69. The van der Waals surface area contributed by atoms with E-state index in [2.05, 4.69) is 90.1 Å². The van der Waals surface area contributed by atoms with Crippen LogP contribution in [0.4, 0.5) is 0 Å². The second kappa shape index (κ2) is 5.83. The van der Waals surface area contributed by atoms with E-state index in [-0.39, 0.29) is 21.7 Å². The van der Waals surface area contributed by atoms with E-state index in [4.69, 9.17) is 0 Å². The lowest BCUT2D eigenvalue weighted by Crippen LogP contribution is -2.42. The zero-order chi connectivity index (χ0) is 23.0. The van der Waals surface area contributed by atoms with Crippen molar-refractivity contribution in [2.24, 2.45) is 5.41 Å². The quantitative estimate of drug-likeness (QED) is 0.261. The van der Waals surface area contributed by atoms with Crippen LogP contribution < -0.4 is 0 Å². The molecule has 0 atom stereocenters. The number of hydrogen-bond acceptors (Lipinski definition) is 0. The van der Waals surface area contributed by atoms with Crippen LogP contribution in [0.2, 0.25) is 0 Å². The summed E-state index contributed by atoms with van der Waals surface area (Å²) in [6, 6.07) is 19.7. The fourth-order valence-corrected chi connectivity index (χ4v) is 8.19. The van der Waals surface area contributed by atoms with Crippen LogP contribution in [0.15, 0.2) is 48.5 Å². The Morgan fingerprint density at radius 3 is 1.82 bits per heavy atom. The highest BCUT2D eigenvalue weighted by Gasteiger charge is 2.57. The predicted molar refractivity (Wildman–Crippen MR) is 139 cm³/mol. The molecule has 168 valence electrons. The van der Waals surface area contributed by atoms with Crippen molar-refractivity contribution in [1.29, 1.82) is 0 Å². The van der Waals surface area contributed by atoms with Gasteiger partial charge in [-0.15, -0.1) is 0 Å². The Balaban J connectivity index is 1.46. The lowest BCUT2D eigenvalue weighted by atomic mass is 9.59. The molecule has 0 aliphatic heterocycles. The lowest BCUT2D eigenvalue weighted by molar-refractivity contribution is 0.125. The van der Waals surface area contributed by atoms with Gasteiger partial charge in [-0.2, -0.15) is 0 Å². The average molecular weight is 433 g/mol. The summed E-state index contributed by atoms with van der Waals surface area (Å²) in [7, 11) is 0. The Morgan fingerprint density at radius 1 is 0.545 bits per heavy atom. The third kappa shape index (κ3) is 2.11. The van der Waals surface area contributed by atoms with Crippen LogP contribution in [0, 0.1) is 5.41 Å². The third-order valence-corrected chi connectivity index (χ3v) is 11.3. The molecule has 0 heteroatoms. The van der Waals surface area contributed by atoms with Gasteiger partial charge in [0.1, 0.15) is 0 Å². The van der Waals surface area contributed by atoms with Crippen LogP contribution in [0.25, 0.3) is 22.3 Å². The highest BCUT2D eigenvalue weighted by Crippen LogP contribution is 2.63. The van der Waals surface area contributed by atoms with Gasteiger partial charge in [-0.25, -0.2) is 0 Å². The van der Waals surface area contributed by atoms with Gasteiger partial charge in [-0.05, 0) is 103 Å². The monoisotopic (exact) mass is 432 g/mol. The van der Waals surface area contributed by atoms with Crippen LogP contribution in [-0.4, -0.2) is 0 Å². The molecule has 4 aliphatic carbocycles. The van der Waals surface area contributed by atoms with E-state index in [0.29, 0.717) is 0 Å². The summed E-state index contributed by atoms with van der Waals surface area (Å²) in [6.45, 7) is 14.8. The summed E-state index contributed by atoms with van der Waals surface area (Å²) in [5, 5.41) is 0. The maximum atomic E-state index is 2.63. The molecule has 7 rings (SSSR count). The number of fused-ring (bicyclic) bond motifs is 9. The molecule has 0 N–H and O–H groups in total. The lowest BCUT2D eigenvalue weighted by Gasteiger charge is -2.44. The van der Waals surface area contributed by atoms with Gasteiger partial charge >= 0.3 is 0 Å². The first-order valence-electron chi connectivity index (χ1n) is 13.1. The molecule has 0 heterocycles. The Hall–Kier alpha value is -2.34. The van der Waals surface area contributed by atoms with Crippen molar-refractivity contribution in [1.82, 2.24) is 0 Å². The second-order valence-electron chi connectivity index (χ2n) is 13.0.